The zero-order valence-electron chi connectivity index (χ0n) is 10.3. The van der Waals surface area contributed by atoms with E-state index in [0.29, 0.717) is 18.3 Å². The number of carbonyl (C=O) groups is 1. The molecule has 1 amide bonds. The Morgan fingerprint density at radius 2 is 2.16 bits per heavy atom. The van der Waals surface area contributed by atoms with Gasteiger partial charge in [0.1, 0.15) is 5.41 Å². The second-order valence-corrected chi connectivity index (χ2v) is 5.57. The molecule has 0 bridgehead atoms. The fourth-order valence-corrected chi connectivity index (χ4v) is 2.27. The molecule has 5 nitrogen and oxygen atoms in total. The summed E-state index contributed by atoms with van der Waals surface area (Å²) in [4.78, 5) is 12.3. The Kier molecular flexibility index (Phi) is 4.38. The molecule has 2 rings (SSSR count). The molecule has 1 aliphatic rings. The summed E-state index contributed by atoms with van der Waals surface area (Å²) in [7, 11) is 1.68. The molecular formula is C12H14BrN3O2S. The van der Waals surface area contributed by atoms with Crippen LogP contribution in [0.4, 0.5) is 0 Å². The van der Waals surface area contributed by atoms with Crippen LogP contribution in [0.2, 0.25) is 0 Å². The molecule has 102 valence electrons. The maximum atomic E-state index is 12.3. The van der Waals surface area contributed by atoms with E-state index in [4.69, 9.17) is 17.0 Å². The van der Waals surface area contributed by atoms with E-state index in [-0.39, 0.29) is 5.91 Å². The Labute approximate surface area is 125 Å². The van der Waals surface area contributed by atoms with E-state index < -0.39 is 5.41 Å². The molecule has 7 heteroatoms. The topological polar surface area (TPSA) is 62.4 Å². The highest BCUT2D eigenvalue weighted by Gasteiger charge is 2.47. The van der Waals surface area contributed by atoms with Gasteiger partial charge in [0.2, 0.25) is 0 Å². The van der Waals surface area contributed by atoms with Crippen LogP contribution in [0.5, 0.6) is 0 Å². The van der Waals surface area contributed by atoms with Gasteiger partial charge in [0, 0.05) is 11.5 Å². The third-order valence-electron chi connectivity index (χ3n) is 3.03. The lowest BCUT2D eigenvalue weighted by Gasteiger charge is -2.40. The number of halogens is 1. The smallest absolute Gasteiger partial charge is 0.253 e. The van der Waals surface area contributed by atoms with Crippen molar-refractivity contribution < 1.29 is 9.53 Å². The third kappa shape index (κ3) is 2.88. The Morgan fingerprint density at radius 3 is 2.68 bits per heavy atom. The summed E-state index contributed by atoms with van der Waals surface area (Å²) in [6, 6.07) is 7.67. The molecule has 0 radical (unpaired) electrons. The quantitative estimate of drug-likeness (QED) is 0.548. The van der Waals surface area contributed by atoms with Gasteiger partial charge in [0.25, 0.3) is 5.91 Å². The summed E-state index contributed by atoms with van der Waals surface area (Å²) in [5, 5.41) is 3.08. The predicted molar refractivity (Wildman–Crippen MR) is 79.6 cm³/mol. The second kappa shape index (κ2) is 5.85. The van der Waals surface area contributed by atoms with Crippen molar-refractivity contribution in [3.05, 3.63) is 34.3 Å². The van der Waals surface area contributed by atoms with Gasteiger partial charge in [-0.05, 0) is 29.9 Å². The molecule has 0 spiro atoms. The first-order valence-electron chi connectivity index (χ1n) is 5.70. The largest absolute Gasteiger partial charge is 0.378 e. The molecule has 0 unspecified atom stereocenters. The van der Waals surface area contributed by atoms with Crippen molar-refractivity contribution in [3.63, 3.8) is 0 Å². The van der Waals surface area contributed by atoms with Crippen LogP contribution in [-0.2, 0) is 14.9 Å². The van der Waals surface area contributed by atoms with E-state index in [2.05, 4.69) is 32.1 Å². The first-order valence-corrected chi connectivity index (χ1v) is 6.90. The monoisotopic (exact) mass is 343 g/mol. The van der Waals surface area contributed by atoms with Crippen LogP contribution in [0.25, 0.3) is 0 Å². The fraction of sp³-hybridized carbons (Fsp3) is 0.333. The summed E-state index contributed by atoms with van der Waals surface area (Å²) in [5.41, 5.74) is 5.52. The van der Waals surface area contributed by atoms with E-state index in [1.54, 1.807) is 7.05 Å². The minimum Gasteiger partial charge on any atom is -0.378 e. The van der Waals surface area contributed by atoms with Gasteiger partial charge in [0.15, 0.2) is 5.11 Å². The SMILES string of the molecule is CNC(=S)NNC(=O)C1(c2cccc(Br)c2)COC1. The molecule has 0 saturated carbocycles. The maximum absolute atomic E-state index is 12.3. The lowest BCUT2D eigenvalue weighted by Crippen LogP contribution is -2.61. The van der Waals surface area contributed by atoms with Gasteiger partial charge in [-0.3, -0.25) is 15.6 Å². The molecule has 1 aliphatic heterocycles. The average molecular weight is 344 g/mol. The standard InChI is InChI=1S/C12H14BrN3O2S/c1-14-11(19)16-15-10(17)12(6-18-7-12)8-3-2-4-9(13)5-8/h2-5H,6-7H2,1H3,(H,15,17)(H2,14,16,19). The van der Waals surface area contributed by atoms with Crippen molar-refractivity contribution >= 4 is 39.2 Å². The minimum absolute atomic E-state index is 0.158. The van der Waals surface area contributed by atoms with Gasteiger partial charge in [-0.15, -0.1) is 0 Å². The van der Waals surface area contributed by atoms with E-state index in [1.807, 2.05) is 24.3 Å². The Bertz CT molecular complexity index is 506. The summed E-state index contributed by atoms with van der Waals surface area (Å²) < 4.78 is 6.17. The Hall–Kier alpha value is -1.18. The van der Waals surface area contributed by atoms with Crippen molar-refractivity contribution in [2.24, 2.45) is 0 Å². The molecule has 0 aliphatic carbocycles. The van der Waals surface area contributed by atoms with Crippen molar-refractivity contribution in [2.45, 2.75) is 5.41 Å². The normalized spacial score (nSPS) is 16.1. The first-order chi connectivity index (χ1) is 9.08. The number of hydrogen-bond donors (Lipinski definition) is 3. The van der Waals surface area contributed by atoms with Crippen LogP contribution in [0.15, 0.2) is 28.7 Å². The third-order valence-corrected chi connectivity index (χ3v) is 3.82. The number of benzene rings is 1. The first kappa shape index (κ1) is 14.2. The summed E-state index contributed by atoms with van der Waals surface area (Å²) in [5.74, 6) is -0.158. The zero-order valence-corrected chi connectivity index (χ0v) is 12.7. The van der Waals surface area contributed by atoms with Gasteiger partial charge >= 0.3 is 0 Å². The van der Waals surface area contributed by atoms with Crippen LogP contribution in [0, 0.1) is 0 Å². The number of hydrogen-bond acceptors (Lipinski definition) is 3. The molecule has 19 heavy (non-hydrogen) atoms. The highest BCUT2D eigenvalue weighted by atomic mass is 79.9. The summed E-state index contributed by atoms with van der Waals surface area (Å²) in [6.45, 7) is 0.729. The summed E-state index contributed by atoms with van der Waals surface area (Å²) >= 11 is 8.32. The van der Waals surface area contributed by atoms with E-state index in [1.165, 1.54) is 0 Å². The molecule has 1 aromatic rings. The number of carbonyl (C=O) groups excluding carboxylic acids is 1. The zero-order chi connectivity index (χ0) is 13.9. The minimum atomic E-state index is -0.653. The molecule has 1 heterocycles. The Morgan fingerprint density at radius 1 is 1.42 bits per heavy atom. The number of ether oxygens (including phenoxy) is 1. The highest BCUT2D eigenvalue weighted by molar-refractivity contribution is 9.10. The van der Waals surface area contributed by atoms with Crippen LogP contribution < -0.4 is 16.2 Å². The van der Waals surface area contributed by atoms with E-state index >= 15 is 0 Å². The number of thiocarbonyl (C=S) groups is 1. The molecule has 3 N–H and O–H groups in total. The number of hydrazine groups is 1. The molecule has 1 fully saturated rings. The second-order valence-electron chi connectivity index (χ2n) is 4.24. The Balaban J connectivity index is 2.14. The lowest BCUT2D eigenvalue weighted by atomic mass is 9.78. The molecule has 0 aromatic heterocycles. The molecule has 1 aromatic carbocycles. The van der Waals surface area contributed by atoms with Crippen LogP contribution in [-0.4, -0.2) is 31.3 Å². The number of amides is 1. The fourth-order valence-electron chi connectivity index (χ4n) is 1.82. The van der Waals surface area contributed by atoms with E-state index in [0.717, 1.165) is 10.0 Å². The molecule has 1 saturated heterocycles. The molecule has 0 atom stereocenters. The van der Waals surface area contributed by atoms with Crippen molar-refractivity contribution in [2.75, 3.05) is 20.3 Å². The number of rotatable bonds is 2. The van der Waals surface area contributed by atoms with Gasteiger partial charge in [-0.2, -0.15) is 0 Å². The summed E-state index contributed by atoms with van der Waals surface area (Å²) in [6.07, 6.45) is 0. The van der Waals surface area contributed by atoms with Crippen molar-refractivity contribution in [1.29, 1.82) is 0 Å². The molecular weight excluding hydrogens is 330 g/mol. The van der Waals surface area contributed by atoms with Crippen molar-refractivity contribution in [1.82, 2.24) is 16.2 Å². The van der Waals surface area contributed by atoms with Gasteiger partial charge in [-0.1, -0.05) is 28.1 Å². The van der Waals surface area contributed by atoms with Crippen LogP contribution >= 0.6 is 28.1 Å². The lowest BCUT2D eigenvalue weighted by molar-refractivity contribution is -0.145. The maximum Gasteiger partial charge on any atom is 0.253 e. The van der Waals surface area contributed by atoms with Crippen LogP contribution in [0.3, 0.4) is 0 Å². The van der Waals surface area contributed by atoms with E-state index in [9.17, 15) is 4.79 Å². The van der Waals surface area contributed by atoms with Crippen molar-refractivity contribution in [3.8, 4) is 0 Å². The average Bonchev–Trinajstić information content (AvgIpc) is 2.34. The van der Waals surface area contributed by atoms with Crippen LogP contribution in [0.1, 0.15) is 5.56 Å². The number of nitrogens with one attached hydrogen (secondary N) is 3. The van der Waals surface area contributed by atoms with Gasteiger partial charge in [0.05, 0.1) is 13.2 Å². The van der Waals surface area contributed by atoms with Gasteiger partial charge < -0.3 is 10.1 Å². The predicted octanol–water partition coefficient (Wildman–Crippen LogP) is 0.842. The highest BCUT2D eigenvalue weighted by Crippen LogP contribution is 2.33. The van der Waals surface area contributed by atoms with Gasteiger partial charge in [-0.25, -0.2) is 0 Å².